The third kappa shape index (κ3) is 2.67. The monoisotopic (exact) mass is 374 g/mol. The average Bonchev–Trinajstić information content (AvgIpc) is 3.17. The highest BCUT2D eigenvalue weighted by Gasteiger charge is 2.26. The first-order valence-corrected chi connectivity index (χ1v) is 9.32. The first-order valence-electron chi connectivity index (χ1n) is 8.17. The standard InChI is InChI=1S/C16H18N6O3S/c1-3-22-13(6-9(2)19-22)26(24)20-16-18-11-7-10(15(17)23)8-12-14(11)21(16)4-5-25-12/h6-8H,3-5H2,1-2H3,(H2,17,23)(H,18,20). The molecule has 1 amide bonds. The van der Waals surface area contributed by atoms with Crippen LogP contribution in [0.15, 0.2) is 23.2 Å². The lowest BCUT2D eigenvalue weighted by molar-refractivity contribution is 0.1000. The van der Waals surface area contributed by atoms with Gasteiger partial charge in [-0.05, 0) is 26.0 Å². The average molecular weight is 374 g/mol. The quantitative estimate of drug-likeness (QED) is 0.647. The van der Waals surface area contributed by atoms with E-state index in [0.29, 0.717) is 47.5 Å². The van der Waals surface area contributed by atoms with Crippen LogP contribution in [0.25, 0.3) is 11.0 Å². The predicted molar refractivity (Wildman–Crippen MR) is 96.4 cm³/mol. The molecule has 0 saturated carbocycles. The third-order valence-electron chi connectivity index (χ3n) is 4.20. The van der Waals surface area contributed by atoms with Gasteiger partial charge in [-0.1, -0.05) is 0 Å². The SMILES string of the molecule is CCn1nc(C)cc1[S+]([O-])Nc1nc2cc(C(N)=O)cc3c2n1CCO3. The zero-order valence-corrected chi connectivity index (χ0v) is 15.2. The van der Waals surface area contributed by atoms with Gasteiger partial charge in [0, 0.05) is 18.2 Å². The first-order chi connectivity index (χ1) is 12.5. The summed E-state index contributed by atoms with van der Waals surface area (Å²) in [6.45, 7) is 5.40. The number of carbonyl (C=O) groups excluding carboxylic acids is 1. The number of nitrogens with one attached hydrogen (secondary N) is 1. The summed E-state index contributed by atoms with van der Waals surface area (Å²) in [5.74, 6) is 0.446. The van der Waals surface area contributed by atoms with Crippen molar-refractivity contribution in [2.75, 3.05) is 11.3 Å². The molecule has 1 aliphatic heterocycles. The minimum Gasteiger partial charge on any atom is -0.587 e. The van der Waals surface area contributed by atoms with Gasteiger partial charge in [0.2, 0.25) is 11.9 Å². The van der Waals surface area contributed by atoms with E-state index < -0.39 is 17.3 Å². The molecule has 1 aliphatic rings. The number of ether oxygens (including phenoxy) is 1. The molecule has 3 heterocycles. The van der Waals surface area contributed by atoms with Gasteiger partial charge in [-0.3, -0.25) is 4.79 Å². The van der Waals surface area contributed by atoms with Crippen molar-refractivity contribution in [3.63, 3.8) is 0 Å². The Bertz CT molecular complexity index is 1010. The number of imidazole rings is 1. The van der Waals surface area contributed by atoms with E-state index >= 15 is 0 Å². The molecule has 136 valence electrons. The third-order valence-corrected chi connectivity index (χ3v) is 5.28. The van der Waals surface area contributed by atoms with Crippen LogP contribution in [0.1, 0.15) is 23.0 Å². The van der Waals surface area contributed by atoms with E-state index in [1.807, 2.05) is 18.4 Å². The van der Waals surface area contributed by atoms with Crippen LogP contribution in [0.4, 0.5) is 5.95 Å². The Morgan fingerprint density at radius 2 is 2.27 bits per heavy atom. The highest BCUT2D eigenvalue weighted by atomic mass is 32.2. The van der Waals surface area contributed by atoms with Crippen LogP contribution in [0.2, 0.25) is 0 Å². The summed E-state index contributed by atoms with van der Waals surface area (Å²) in [5.41, 5.74) is 7.82. The van der Waals surface area contributed by atoms with Crippen LogP contribution in [0.3, 0.4) is 0 Å². The van der Waals surface area contributed by atoms with Crippen LogP contribution in [-0.4, -0.2) is 36.4 Å². The molecule has 4 rings (SSSR count). The minimum atomic E-state index is -1.53. The number of anilines is 1. The lowest BCUT2D eigenvalue weighted by Crippen LogP contribution is -2.22. The second-order valence-electron chi connectivity index (χ2n) is 5.95. The molecule has 0 spiro atoms. The van der Waals surface area contributed by atoms with Crippen molar-refractivity contribution in [1.82, 2.24) is 19.3 Å². The summed E-state index contributed by atoms with van der Waals surface area (Å²) in [6, 6.07) is 5.00. The molecule has 2 aromatic heterocycles. The molecule has 0 saturated heterocycles. The molecule has 0 bridgehead atoms. The normalized spacial score (nSPS) is 14.3. The Labute approximate surface area is 152 Å². The molecule has 0 radical (unpaired) electrons. The van der Waals surface area contributed by atoms with Gasteiger partial charge in [0.05, 0.1) is 17.8 Å². The smallest absolute Gasteiger partial charge is 0.270 e. The number of hydrogen-bond donors (Lipinski definition) is 2. The van der Waals surface area contributed by atoms with Crippen molar-refractivity contribution >= 4 is 34.3 Å². The van der Waals surface area contributed by atoms with Crippen molar-refractivity contribution in [3.8, 4) is 5.75 Å². The van der Waals surface area contributed by atoms with Crippen LogP contribution in [0, 0.1) is 6.92 Å². The van der Waals surface area contributed by atoms with E-state index in [9.17, 15) is 9.35 Å². The molecule has 3 aromatic rings. The number of hydrogen-bond acceptors (Lipinski definition) is 6. The van der Waals surface area contributed by atoms with Gasteiger partial charge in [0.1, 0.15) is 29.2 Å². The van der Waals surface area contributed by atoms with Gasteiger partial charge >= 0.3 is 0 Å². The maximum absolute atomic E-state index is 12.8. The van der Waals surface area contributed by atoms with Crippen LogP contribution >= 0.6 is 0 Å². The fourth-order valence-corrected chi connectivity index (χ4v) is 4.12. The van der Waals surface area contributed by atoms with Crippen molar-refractivity contribution in [1.29, 1.82) is 0 Å². The van der Waals surface area contributed by atoms with Crippen molar-refractivity contribution in [2.24, 2.45) is 5.73 Å². The maximum Gasteiger partial charge on any atom is 0.270 e. The van der Waals surface area contributed by atoms with E-state index in [4.69, 9.17) is 10.5 Å². The van der Waals surface area contributed by atoms with Gasteiger partial charge in [0.25, 0.3) is 5.03 Å². The van der Waals surface area contributed by atoms with E-state index in [1.165, 1.54) is 0 Å². The Balaban J connectivity index is 1.75. The van der Waals surface area contributed by atoms with Crippen LogP contribution in [-0.2, 0) is 24.5 Å². The summed E-state index contributed by atoms with van der Waals surface area (Å²) in [5, 5.41) is 4.90. The number of aromatic nitrogens is 4. The minimum absolute atomic E-state index is 0.325. The summed E-state index contributed by atoms with van der Waals surface area (Å²) in [6.07, 6.45) is 0. The van der Waals surface area contributed by atoms with E-state index in [1.54, 1.807) is 22.9 Å². The molecule has 1 unspecified atom stereocenters. The van der Waals surface area contributed by atoms with Crippen molar-refractivity contribution in [3.05, 3.63) is 29.5 Å². The molecule has 1 aromatic carbocycles. The lowest BCUT2D eigenvalue weighted by Gasteiger charge is -2.18. The van der Waals surface area contributed by atoms with E-state index in [2.05, 4.69) is 14.8 Å². The Kier molecular flexibility index (Phi) is 4.00. The Morgan fingerprint density at radius 1 is 1.46 bits per heavy atom. The molecule has 1 atom stereocenters. The molecule has 3 N–H and O–H groups in total. The second-order valence-corrected chi connectivity index (χ2v) is 7.11. The summed E-state index contributed by atoms with van der Waals surface area (Å²) < 4.78 is 25.0. The highest BCUT2D eigenvalue weighted by molar-refractivity contribution is 7.92. The number of nitrogens with zero attached hydrogens (tertiary/aromatic N) is 4. The molecular formula is C16H18N6O3S. The predicted octanol–water partition coefficient (Wildman–Crippen LogP) is 1.19. The largest absolute Gasteiger partial charge is 0.587 e. The zero-order valence-electron chi connectivity index (χ0n) is 14.4. The fraction of sp³-hybridized carbons (Fsp3) is 0.312. The lowest BCUT2D eigenvalue weighted by atomic mass is 10.1. The topological polar surface area (TPSA) is 123 Å². The fourth-order valence-electron chi connectivity index (χ4n) is 3.06. The van der Waals surface area contributed by atoms with Crippen molar-refractivity contribution in [2.45, 2.75) is 32.0 Å². The highest BCUT2D eigenvalue weighted by Crippen LogP contribution is 2.33. The number of rotatable bonds is 5. The van der Waals surface area contributed by atoms with Crippen LogP contribution < -0.4 is 15.2 Å². The van der Waals surface area contributed by atoms with E-state index in [0.717, 1.165) is 11.2 Å². The molecule has 10 heteroatoms. The van der Waals surface area contributed by atoms with E-state index in [-0.39, 0.29) is 0 Å². The van der Waals surface area contributed by atoms with Gasteiger partial charge in [-0.2, -0.15) is 9.82 Å². The molecule has 0 aliphatic carbocycles. The zero-order chi connectivity index (χ0) is 18.4. The number of primary amides is 1. The van der Waals surface area contributed by atoms with Gasteiger partial charge in [-0.25, -0.2) is 9.67 Å². The van der Waals surface area contributed by atoms with Crippen LogP contribution in [0.5, 0.6) is 5.75 Å². The number of aryl methyl sites for hydroxylation is 2. The Hall–Kier alpha value is -2.72. The van der Waals surface area contributed by atoms with Gasteiger partial charge in [0.15, 0.2) is 0 Å². The Morgan fingerprint density at radius 3 is 3.00 bits per heavy atom. The van der Waals surface area contributed by atoms with Gasteiger partial charge in [-0.15, -0.1) is 0 Å². The summed E-state index contributed by atoms with van der Waals surface area (Å²) in [7, 11) is 0. The molecular weight excluding hydrogens is 356 g/mol. The number of benzene rings is 1. The summed E-state index contributed by atoms with van der Waals surface area (Å²) in [4.78, 5) is 16.0. The number of nitrogens with two attached hydrogens (primary N) is 1. The molecule has 9 nitrogen and oxygen atoms in total. The maximum atomic E-state index is 12.8. The molecule has 26 heavy (non-hydrogen) atoms. The number of amides is 1. The van der Waals surface area contributed by atoms with Gasteiger partial charge < -0.3 is 19.6 Å². The second kappa shape index (κ2) is 6.22. The molecule has 0 fully saturated rings. The first kappa shape index (κ1) is 16.7. The summed E-state index contributed by atoms with van der Waals surface area (Å²) >= 11 is -1.53. The number of carbonyl (C=O) groups is 1. The van der Waals surface area contributed by atoms with Crippen molar-refractivity contribution < 1.29 is 14.1 Å².